The first-order valence-corrected chi connectivity index (χ1v) is 10.0. The molecule has 1 aliphatic carbocycles. The summed E-state index contributed by atoms with van der Waals surface area (Å²) >= 11 is 0. The van der Waals surface area contributed by atoms with Crippen molar-refractivity contribution in [1.82, 2.24) is 0 Å². The second-order valence-corrected chi connectivity index (χ2v) is 7.80. The fourth-order valence-corrected chi connectivity index (χ4v) is 4.74. The van der Waals surface area contributed by atoms with Crippen molar-refractivity contribution in [2.75, 3.05) is 0 Å². The van der Waals surface area contributed by atoms with Crippen molar-refractivity contribution in [2.24, 2.45) is 5.92 Å². The Morgan fingerprint density at radius 2 is 1.77 bits per heavy atom. The average Bonchev–Trinajstić information content (AvgIpc) is 2.68. The molecule has 1 aliphatic rings. The largest absolute Gasteiger partial charge is 0.573 e. The van der Waals surface area contributed by atoms with E-state index in [0.717, 1.165) is 59.7 Å². The predicted molar refractivity (Wildman–Crippen MR) is 106 cm³/mol. The summed E-state index contributed by atoms with van der Waals surface area (Å²) in [7, 11) is 0. The zero-order valence-electron chi connectivity index (χ0n) is 16.4. The van der Waals surface area contributed by atoms with Crippen LogP contribution in [0.5, 0.6) is 5.75 Å². The first-order chi connectivity index (χ1) is 14.3. The topological polar surface area (TPSA) is 9.23 Å². The van der Waals surface area contributed by atoms with Gasteiger partial charge in [0, 0.05) is 5.92 Å². The van der Waals surface area contributed by atoms with Gasteiger partial charge >= 0.3 is 6.36 Å². The summed E-state index contributed by atoms with van der Waals surface area (Å²) in [6, 6.07) is 12.3. The van der Waals surface area contributed by atoms with E-state index in [0.29, 0.717) is 5.56 Å². The van der Waals surface area contributed by atoms with Crippen molar-refractivity contribution >= 4 is 10.8 Å². The molecule has 0 N–H and O–H groups in total. The van der Waals surface area contributed by atoms with Gasteiger partial charge in [0.05, 0.1) is 0 Å². The summed E-state index contributed by atoms with van der Waals surface area (Å²) < 4.78 is 69.6. The van der Waals surface area contributed by atoms with Crippen LogP contribution < -0.4 is 4.74 Å². The van der Waals surface area contributed by atoms with Crippen LogP contribution in [-0.4, -0.2) is 6.36 Å². The second kappa shape index (κ2) is 7.89. The van der Waals surface area contributed by atoms with Crippen LogP contribution in [0.25, 0.3) is 10.8 Å². The van der Waals surface area contributed by atoms with Gasteiger partial charge in [0.25, 0.3) is 0 Å². The lowest BCUT2D eigenvalue weighted by Crippen LogP contribution is -2.22. The average molecular weight is 420 g/mol. The summed E-state index contributed by atoms with van der Waals surface area (Å²) in [4.78, 5) is 0. The van der Waals surface area contributed by atoms with Gasteiger partial charge in [-0.05, 0) is 76.9 Å². The van der Waals surface area contributed by atoms with Crippen molar-refractivity contribution in [2.45, 2.75) is 44.9 Å². The Bertz CT molecular complexity index is 1070. The number of fused-ring (bicyclic) bond motifs is 3. The summed E-state index contributed by atoms with van der Waals surface area (Å²) in [5.74, 6) is -2.14. The number of benzene rings is 3. The standard InChI is InChI=1S/C24H21F5O/c1-2-3-15-6-9-18-19(10-5-14-4-8-17(25)13-20(14)18)23(15)16-7-11-22(21(26)12-16)30-24(27,28)29/h4-5,7-8,10-13,15,23H,2-3,6,9H2,1H3/t15-,23-/m1/s1. The van der Waals surface area contributed by atoms with E-state index in [2.05, 4.69) is 11.7 Å². The fraction of sp³-hybridized carbons (Fsp3) is 0.333. The van der Waals surface area contributed by atoms with Crippen LogP contribution in [0.3, 0.4) is 0 Å². The zero-order valence-corrected chi connectivity index (χ0v) is 16.4. The number of aryl methyl sites for hydroxylation is 1. The third-order valence-corrected chi connectivity index (χ3v) is 5.90. The SMILES string of the molecule is CCC[C@@H]1CCc2c(ccc3ccc(F)cc23)[C@H]1c1ccc(OC(F)(F)F)c(F)c1. The molecule has 0 fully saturated rings. The highest BCUT2D eigenvalue weighted by Gasteiger charge is 2.34. The molecule has 0 saturated heterocycles. The summed E-state index contributed by atoms with van der Waals surface area (Å²) in [6.45, 7) is 2.07. The molecule has 0 aliphatic heterocycles. The molecule has 2 atom stereocenters. The monoisotopic (exact) mass is 420 g/mol. The molecule has 4 rings (SSSR count). The van der Waals surface area contributed by atoms with Crippen LogP contribution in [0.4, 0.5) is 22.0 Å². The Hall–Kier alpha value is -2.63. The van der Waals surface area contributed by atoms with E-state index >= 15 is 0 Å². The van der Waals surface area contributed by atoms with Gasteiger partial charge in [-0.25, -0.2) is 8.78 Å². The molecule has 3 aromatic rings. The maximum Gasteiger partial charge on any atom is 0.573 e. The van der Waals surface area contributed by atoms with Gasteiger partial charge in [0.15, 0.2) is 11.6 Å². The van der Waals surface area contributed by atoms with E-state index in [4.69, 9.17) is 0 Å². The van der Waals surface area contributed by atoms with Crippen LogP contribution in [0.2, 0.25) is 0 Å². The lowest BCUT2D eigenvalue weighted by molar-refractivity contribution is -0.275. The molecule has 0 spiro atoms. The van der Waals surface area contributed by atoms with Crippen molar-refractivity contribution < 1.29 is 26.7 Å². The zero-order chi connectivity index (χ0) is 21.5. The number of rotatable bonds is 4. The summed E-state index contributed by atoms with van der Waals surface area (Å²) in [5.41, 5.74) is 2.62. The molecule has 0 heterocycles. The highest BCUT2D eigenvalue weighted by atomic mass is 19.4. The Balaban J connectivity index is 1.82. The first-order valence-electron chi connectivity index (χ1n) is 10.0. The molecule has 6 heteroatoms. The van der Waals surface area contributed by atoms with Crippen LogP contribution >= 0.6 is 0 Å². The fourth-order valence-electron chi connectivity index (χ4n) is 4.74. The number of halogens is 5. The third kappa shape index (κ3) is 4.00. The second-order valence-electron chi connectivity index (χ2n) is 7.80. The first kappa shape index (κ1) is 20.6. The van der Waals surface area contributed by atoms with E-state index in [1.165, 1.54) is 18.2 Å². The Morgan fingerprint density at radius 1 is 1.00 bits per heavy atom. The van der Waals surface area contributed by atoms with Crippen LogP contribution in [-0.2, 0) is 6.42 Å². The van der Waals surface area contributed by atoms with Gasteiger partial charge in [-0.15, -0.1) is 13.2 Å². The molecule has 3 aromatic carbocycles. The Labute approximate surface area is 171 Å². The molecule has 158 valence electrons. The normalized spacial score (nSPS) is 19.0. The summed E-state index contributed by atoms with van der Waals surface area (Å²) in [5, 5.41) is 1.77. The van der Waals surface area contributed by atoms with Crippen molar-refractivity contribution in [3.05, 3.63) is 76.9 Å². The number of ether oxygens (including phenoxy) is 1. The van der Waals surface area contributed by atoms with Crippen LogP contribution in [0.15, 0.2) is 48.5 Å². The summed E-state index contributed by atoms with van der Waals surface area (Å²) in [6.07, 6.45) is -1.46. The lowest BCUT2D eigenvalue weighted by Gasteiger charge is -2.35. The predicted octanol–water partition coefficient (Wildman–Crippen LogP) is 7.51. The quantitative estimate of drug-likeness (QED) is 0.397. The lowest BCUT2D eigenvalue weighted by atomic mass is 9.69. The highest BCUT2D eigenvalue weighted by Crippen LogP contribution is 2.45. The molecule has 0 unspecified atom stereocenters. The van der Waals surface area contributed by atoms with Gasteiger partial charge < -0.3 is 4.74 Å². The molecular weight excluding hydrogens is 399 g/mol. The maximum atomic E-state index is 14.5. The minimum atomic E-state index is -4.95. The van der Waals surface area contributed by atoms with Gasteiger partial charge in [0.1, 0.15) is 5.82 Å². The van der Waals surface area contributed by atoms with Crippen molar-refractivity contribution in [1.29, 1.82) is 0 Å². The van der Waals surface area contributed by atoms with E-state index in [-0.39, 0.29) is 17.7 Å². The van der Waals surface area contributed by atoms with E-state index in [1.807, 2.05) is 12.1 Å². The number of alkyl halides is 3. The molecule has 0 aromatic heterocycles. The number of hydrogen-bond acceptors (Lipinski definition) is 1. The van der Waals surface area contributed by atoms with Crippen LogP contribution in [0.1, 0.15) is 48.8 Å². The third-order valence-electron chi connectivity index (χ3n) is 5.90. The molecule has 0 radical (unpaired) electrons. The van der Waals surface area contributed by atoms with Crippen LogP contribution in [0, 0.1) is 17.6 Å². The van der Waals surface area contributed by atoms with Crippen molar-refractivity contribution in [3.63, 3.8) is 0 Å². The maximum absolute atomic E-state index is 14.5. The molecule has 0 bridgehead atoms. The molecule has 1 nitrogen and oxygen atoms in total. The smallest absolute Gasteiger partial charge is 0.403 e. The minimum Gasteiger partial charge on any atom is -0.403 e. The number of hydrogen-bond donors (Lipinski definition) is 0. The van der Waals surface area contributed by atoms with E-state index in [9.17, 15) is 22.0 Å². The molecular formula is C24H21F5O. The van der Waals surface area contributed by atoms with Crippen molar-refractivity contribution in [3.8, 4) is 5.75 Å². The Morgan fingerprint density at radius 3 is 2.47 bits per heavy atom. The van der Waals surface area contributed by atoms with Gasteiger partial charge in [-0.3, -0.25) is 0 Å². The molecule has 0 saturated carbocycles. The van der Waals surface area contributed by atoms with Gasteiger partial charge in [-0.1, -0.05) is 37.6 Å². The molecule has 0 amide bonds. The minimum absolute atomic E-state index is 0.171. The van der Waals surface area contributed by atoms with E-state index in [1.54, 1.807) is 6.07 Å². The van der Waals surface area contributed by atoms with Gasteiger partial charge in [0.2, 0.25) is 0 Å². The molecule has 30 heavy (non-hydrogen) atoms. The Kier molecular flexibility index (Phi) is 5.43. The van der Waals surface area contributed by atoms with E-state index < -0.39 is 17.9 Å². The highest BCUT2D eigenvalue weighted by molar-refractivity contribution is 5.87. The van der Waals surface area contributed by atoms with Gasteiger partial charge in [-0.2, -0.15) is 0 Å².